The van der Waals surface area contributed by atoms with Gasteiger partial charge in [0.15, 0.2) is 0 Å². The van der Waals surface area contributed by atoms with Crippen LogP contribution in [0.2, 0.25) is 0 Å². The minimum absolute atomic E-state index is 0.106. The molecular formula is C26H27FN2O2S. The Morgan fingerprint density at radius 2 is 1.47 bits per heavy atom. The lowest BCUT2D eigenvalue weighted by atomic mass is 10.0. The molecule has 0 saturated heterocycles. The van der Waals surface area contributed by atoms with E-state index in [4.69, 9.17) is 0 Å². The fourth-order valence-corrected chi connectivity index (χ4v) is 4.29. The van der Waals surface area contributed by atoms with Gasteiger partial charge in [-0.2, -0.15) is 0 Å². The maximum atomic E-state index is 13.3. The number of halogens is 1. The molecule has 2 amide bonds. The topological polar surface area (TPSA) is 49.4 Å². The predicted molar refractivity (Wildman–Crippen MR) is 128 cm³/mol. The van der Waals surface area contributed by atoms with Crippen molar-refractivity contribution in [2.75, 3.05) is 12.8 Å². The van der Waals surface area contributed by atoms with Gasteiger partial charge in [-0.15, -0.1) is 11.8 Å². The van der Waals surface area contributed by atoms with Crippen molar-refractivity contribution >= 4 is 23.6 Å². The summed E-state index contributed by atoms with van der Waals surface area (Å²) >= 11 is 1.46. The molecule has 0 aliphatic carbocycles. The molecule has 0 radical (unpaired) electrons. The summed E-state index contributed by atoms with van der Waals surface area (Å²) in [7, 11) is 1.59. The Kier molecular flexibility index (Phi) is 8.87. The van der Waals surface area contributed by atoms with Crippen molar-refractivity contribution in [3.05, 3.63) is 107 Å². The third-order valence-electron chi connectivity index (χ3n) is 5.12. The van der Waals surface area contributed by atoms with Gasteiger partial charge >= 0.3 is 0 Å². The van der Waals surface area contributed by atoms with E-state index in [2.05, 4.69) is 5.32 Å². The second kappa shape index (κ2) is 12.1. The van der Waals surface area contributed by atoms with Crippen molar-refractivity contribution in [2.45, 2.75) is 24.8 Å². The first-order valence-corrected chi connectivity index (χ1v) is 11.6. The SMILES string of the molecule is CNC(=O)[C@H](Cc1ccccc1)N(Cc1ccccc1)C(=O)CSCc1ccc(F)cc1. The smallest absolute Gasteiger partial charge is 0.242 e. The second-order valence-corrected chi connectivity index (χ2v) is 8.43. The van der Waals surface area contributed by atoms with Crippen molar-refractivity contribution in [3.8, 4) is 0 Å². The summed E-state index contributed by atoms with van der Waals surface area (Å²) in [5.41, 5.74) is 2.91. The standard InChI is InChI=1S/C26H27FN2O2S/c1-28-26(31)24(16-20-8-4-2-5-9-20)29(17-21-10-6-3-7-11-21)25(30)19-32-18-22-12-14-23(27)15-13-22/h2-15,24H,16-19H2,1H3,(H,28,31)/t24-/m0/s1. The molecule has 1 atom stereocenters. The first kappa shape index (κ1) is 23.5. The van der Waals surface area contributed by atoms with Gasteiger partial charge in [0, 0.05) is 25.8 Å². The molecule has 0 aliphatic rings. The normalized spacial score (nSPS) is 11.6. The van der Waals surface area contributed by atoms with Gasteiger partial charge in [0.2, 0.25) is 11.8 Å². The monoisotopic (exact) mass is 450 g/mol. The lowest BCUT2D eigenvalue weighted by Gasteiger charge is -2.31. The molecule has 3 aromatic rings. The summed E-state index contributed by atoms with van der Waals surface area (Å²) in [4.78, 5) is 27.8. The molecule has 3 rings (SSSR count). The second-order valence-electron chi connectivity index (χ2n) is 7.45. The highest BCUT2D eigenvalue weighted by atomic mass is 32.2. The maximum absolute atomic E-state index is 13.3. The van der Waals surface area contributed by atoms with Crippen molar-refractivity contribution < 1.29 is 14.0 Å². The minimum Gasteiger partial charge on any atom is -0.357 e. The van der Waals surface area contributed by atoms with Crippen LogP contribution in [0.3, 0.4) is 0 Å². The minimum atomic E-state index is -0.624. The highest BCUT2D eigenvalue weighted by Gasteiger charge is 2.29. The average molecular weight is 451 g/mol. The van der Waals surface area contributed by atoms with E-state index >= 15 is 0 Å². The van der Waals surface area contributed by atoms with Gasteiger partial charge in [0.05, 0.1) is 5.75 Å². The Labute approximate surface area is 192 Å². The molecular weight excluding hydrogens is 423 g/mol. The number of benzene rings is 3. The highest BCUT2D eigenvalue weighted by molar-refractivity contribution is 7.99. The van der Waals surface area contributed by atoms with E-state index < -0.39 is 6.04 Å². The molecule has 3 aromatic carbocycles. The van der Waals surface area contributed by atoms with Gasteiger partial charge < -0.3 is 10.2 Å². The lowest BCUT2D eigenvalue weighted by molar-refractivity contribution is -0.139. The molecule has 6 heteroatoms. The van der Waals surface area contributed by atoms with Crippen LogP contribution in [0.25, 0.3) is 0 Å². The molecule has 166 valence electrons. The summed E-state index contributed by atoms with van der Waals surface area (Å²) in [6.07, 6.45) is 0.432. The van der Waals surface area contributed by atoms with Crippen LogP contribution in [0.5, 0.6) is 0 Å². The molecule has 4 nitrogen and oxygen atoms in total. The van der Waals surface area contributed by atoms with Crippen molar-refractivity contribution in [3.63, 3.8) is 0 Å². The van der Waals surface area contributed by atoms with E-state index in [9.17, 15) is 14.0 Å². The quantitative estimate of drug-likeness (QED) is 0.497. The molecule has 1 N–H and O–H groups in total. The molecule has 0 aromatic heterocycles. The fourth-order valence-electron chi connectivity index (χ4n) is 3.42. The highest BCUT2D eigenvalue weighted by Crippen LogP contribution is 2.18. The van der Waals surface area contributed by atoms with Gasteiger partial charge in [-0.1, -0.05) is 72.8 Å². The third-order valence-corrected chi connectivity index (χ3v) is 6.11. The van der Waals surface area contributed by atoms with Gasteiger partial charge in [-0.3, -0.25) is 9.59 Å². The molecule has 0 spiro atoms. The summed E-state index contributed by atoms with van der Waals surface area (Å²) in [5.74, 6) is 0.242. The van der Waals surface area contributed by atoms with Gasteiger partial charge in [-0.05, 0) is 28.8 Å². The Bertz CT molecular complexity index is 997. The van der Waals surface area contributed by atoms with E-state index in [0.29, 0.717) is 18.7 Å². The maximum Gasteiger partial charge on any atom is 0.242 e. The van der Waals surface area contributed by atoms with Gasteiger partial charge in [-0.25, -0.2) is 4.39 Å². The number of amides is 2. The van der Waals surface area contributed by atoms with E-state index in [1.165, 1.54) is 23.9 Å². The molecule has 0 fully saturated rings. The number of carbonyl (C=O) groups excluding carboxylic acids is 2. The first-order valence-electron chi connectivity index (χ1n) is 10.5. The summed E-state index contributed by atoms with van der Waals surface area (Å²) in [6, 6.07) is 25.0. The van der Waals surface area contributed by atoms with Crippen LogP contribution in [0, 0.1) is 5.82 Å². The number of likely N-dealkylation sites (N-methyl/N-ethyl adjacent to an activating group) is 1. The zero-order valence-electron chi connectivity index (χ0n) is 18.0. The predicted octanol–water partition coefficient (Wildman–Crippen LogP) is 4.45. The summed E-state index contributed by atoms with van der Waals surface area (Å²) < 4.78 is 13.1. The van der Waals surface area contributed by atoms with Crippen molar-refractivity contribution in [2.24, 2.45) is 0 Å². The first-order chi connectivity index (χ1) is 15.6. The average Bonchev–Trinajstić information content (AvgIpc) is 2.83. The van der Waals surface area contributed by atoms with Crippen LogP contribution in [0.15, 0.2) is 84.9 Å². The number of hydrogen-bond acceptors (Lipinski definition) is 3. The Hall–Kier alpha value is -3.12. The van der Waals surface area contributed by atoms with Crippen LogP contribution in [-0.4, -0.2) is 35.6 Å². The number of nitrogens with one attached hydrogen (secondary N) is 1. The largest absolute Gasteiger partial charge is 0.357 e. The van der Waals surface area contributed by atoms with Gasteiger partial charge in [0.25, 0.3) is 0 Å². The Balaban J connectivity index is 1.77. The van der Waals surface area contributed by atoms with Crippen LogP contribution in [0.1, 0.15) is 16.7 Å². The van der Waals surface area contributed by atoms with Crippen LogP contribution in [-0.2, 0) is 28.3 Å². The molecule has 0 saturated carbocycles. The van der Waals surface area contributed by atoms with Crippen molar-refractivity contribution in [1.82, 2.24) is 10.2 Å². The zero-order chi connectivity index (χ0) is 22.8. The lowest BCUT2D eigenvalue weighted by Crippen LogP contribution is -2.50. The summed E-state index contributed by atoms with van der Waals surface area (Å²) in [6.45, 7) is 0.349. The number of nitrogens with zero attached hydrogens (tertiary/aromatic N) is 1. The fraction of sp³-hybridized carbons (Fsp3) is 0.231. The number of carbonyl (C=O) groups is 2. The van der Waals surface area contributed by atoms with Crippen LogP contribution in [0.4, 0.5) is 4.39 Å². The van der Waals surface area contributed by atoms with Crippen molar-refractivity contribution in [1.29, 1.82) is 0 Å². The van der Waals surface area contributed by atoms with E-state index in [1.807, 2.05) is 60.7 Å². The van der Waals surface area contributed by atoms with Crippen LogP contribution < -0.4 is 5.32 Å². The van der Waals surface area contributed by atoms with E-state index in [-0.39, 0.29) is 23.4 Å². The van der Waals surface area contributed by atoms with Crippen LogP contribution >= 0.6 is 11.8 Å². The third kappa shape index (κ3) is 6.95. The number of hydrogen-bond donors (Lipinski definition) is 1. The zero-order valence-corrected chi connectivity index (χ0v) is 18.9. The number of rotatable bonds is 10. The van der Waals surface area contributed by atoms with E-state index in [0.717, 1.165) is 16.7 Å². The molecule has 32 heavy (non-hydrogen) atoms. The van der Waals surface area contributed by atoms with E-state index in [1.54, 1.807) is 24.1 Å². The molecule has 0 unspecified atom stereocenters. The number of thioether (sulfide) groups is 1. The molecule has 0 aliphatic heterocycles. The Morgan fingerprint density at radius 3 is 2.06 bits per heavy atom. The molecule has 0 bridgehead atoms. The summed E-state index contributed by atoms with van der Waals surface area (Å²) in [5, 5.41) is 2.72. The van der Waals surface area contributed by atoms with Gasteiger partial charge in [0.1, 0.15) is 11.9 Å². The molecule has 0 heterocycles. The Morgan fingerprint density at radius 1 is 0.875 bits per heavy atom.